The van der Waals surface area contributed by atoms with Crippen LogP contribution in [0.15, 0.2) is 47.4 Å². The minimum atomic E-state index is -3.79. The fourth-order valence-corrected chi connectivity index (χ4v) is 7.09. The van der Waals surface area contributed by atoms with Gasteiger partial charge in [-0.3, -0.25) is 4.79 Å². The molecular formula is C23H24F2N4O3S2. The third-order valence-corrected chi connectivity index (χ3v) is 9.37. The summed E-state index contributed by atoms with van der Waals surface area (Å²) < 4.78 is 55.3. The number of sulfonamides is 1. The Balaban J connectivity index is 1.22. The normalized spacial score (nSPS) is 20.1. The fourth-order valence-electron chi connectivity index (χ4n) is 4.53. The number of carbonyl (C=O) groups is 1. The molecule has 7 nitrogen and oxygen atoms in total. The molecule has 1 aromatic heterocycles. The summed E-state index contributed by atoms with van der Waals surface area (Å²) in [6.45, 7) is 2.62. The van der Waals surface area contributed by atoms with Crippen LogP contribution in [0.4, 0.5) is 13.9 Å². The second-order valence-electron chi connectivity index (χ2n) is 8.55. The van der Waals surface area contributed by atoms with Gasteiger partial charge in [0.1, 0.15) is 17.2 Å². The molecule has 0 N–H and O–H groups in total. The van der Waals surface area contributed by atoms with Crippen molar-refractivity contribution >= 4 is 42.6 Å². The first-order valence-electron chi connectivity index (χ1n) is 11.2. The lowest BCUT2D eigenvalue weighted by Gasteiger charge is -2.38. The number of anilines is 1. The fraction of sp³-hybridized carbons (Fsp3) is 0.391. The number of hydrogen-bond donors (Lipinski definition) is 0. The number of hydrogen-bond acceptors (Lipinski definition) is 6. The van der Waals surface area contributed by atoms with Crippen molar-refractivity contribution in [2.75, 3.05) is 44.2 Å². The van der Waals surface area contributed by atoms with E-state index in [1.807, 2.05) is 6.07 Å². The summed E-state index contributed by atoms with van der Waals surface area (Å²) in [7, 11) is -3.79. The standard InChI is InChI=1S/C23H24F2N4O3S2/c24-17-6-8-18(9-7-17)34(31,32)29-10-2-3-16(15-29)22(30)27-11-13-28(14-12-27)23-26-21-19(25)4-1-5-20(21)33-23/h1,4-9,16H,2-3,10-15H2. The van der Waals surface area contributed by atoms with Gasteiger partial charge in [-0.15, -0.1) is 0 Å². The molecule has 0 bridgehead atoms. The molecule has 2 aliphatic heterocycles. The highest BCUT2D eigenvalue weighted by Gasteiger charge is 2.36. The number of para-hydroxylation sites is 1. The Hall–Kier alpha value is -2.63. The van der Waals surface area contributed by atoms with Gasteiger partial charge in [-0.25, -0.2) is 22.2 Å². The number of amides is 1. The molecule has 2 saturated heterocycles. The van der Waals surface area contributed by atoms with Crippen LogP contribution >= 0.6 is 11.3 Å². The smallest absolute Gasteiger partial charge is 0.243 e. The van der Waals surface area contributed by atoms with Gasteiger partial charge >= 0.3 is 0 Å². The summed E-state index contributed by atoms with van der Waals surface area (Å²) in [5.74, 6) is -1.30. The van der Waals surface area contributed by atoms with Crippen molar-refractivity contribution in [1.29, 1.82) is 0 Å². The van der Waals surface area contributed by atoms with E-state index in [0.717, 1.165) is 22.0 Å². The second kappa shape index (κ2) is 9.20. The Labute approximate surface area is 200 Å². The van der Waals surface area contributed by atoms with Crippen molar-refractivity contribution in [1.82, 2.24) is 14.2 Å². The SMILES string of the molecule is O=C(C1CCCN(S(=O)(=O)c2ccc(F)cc2)C1)N1CCN(c2nc3c(F)cccc3s2)CC1. The molecule has 5 rings (SSSR count). The average Bonchev–Trinajstić information content (AvgIpc) is 3.30. The largest absolute Gasteiger partial charge is 0.345 e. The molecule has 1 amide bonds. The average molecular weight is 507 g/mol. The maximum absolute atomic E-state index is 14.0. The molecule has 2 aliphatic rings. The van der Waals surface area contributed by atoms with Crippen LogP contribution in [0, 0.1) is 17.6 Å². The Bertz CT molecular complexity index is 1310. The Morgan fingerprint density at radius 3 is 2.44 bits per heavy atom. The Kier molecular flexibility index (Phi) is 6.26. The van der Waals surface area contributed by atoms with Crippen molar-refractivity contribution < 1.29 is 22.0 Å². The highest BCUT2D eigenvalue weighted by Crippen LogP contribution is 2.31. The van der Waals surface area contributed by atoms with Crippen LogP contribution < -0.4 is 4.90 Å². The van der Waals surface area contributed by atoms with E-state index in [2.05, 4.69) is 9.88 Å². The quantitative estimate of drug-likeness (QED) is 0.543. The van der Waals surface area contributed by atoms with Crippen LogP contribution in [0.3, 0.4) is 0 Å². The molecule has 34 heavy (non-hydrogen) atoms. The van der Waals surface area contributed by atoms with E-state index in [9.17, 15) is 22.0 Å². The minimum absolute atomic E-state index is 0.0304. The number of piperazine rings is 1. The molecule has 2 aromatic carbocycles. The molecule has 2 fully saturated rings. The summed E-state index contributed by atoms with van der Waals surface area (Å²) in [6, 6.07) is 9.66. The molecule has 3 heterocycles. The molecule has 3 aromatic rings. The lowest BCUT2D eigenvalue weighted by atomic mass is 9.98. The molecule has 0 saturated carbocycles. The maximum atomic E-state index is 14.0. The summed E-state index contributed by atoms with van der Waals surface area (Å²) in [5.41, 5.74) is 0.366. The van der Waals surface area contributed by atoms with Crippen molar-refractivity contribution in [3.63, 3.8) is 0 Å². The van der Waals surface area contributed by atoms with E-state index in [1.54, 1.807) is 11.0 Å². The minimum Gasteiger partial charge on any atom is -0.345 e. The number of aromatic nitrogens is 1. The molecule has 11 heteroatoms. The number of carbonyl (C=O) groups excluding carboxylic acids is 1. The summed E-state index contributed by atoms with van der Waals surface area (Å²) in [4.78, 5) is 21.5. The first kappa shape index (κ1) is 23.1. The number of thiazole rings is 1. The van der Waals surface area contributed by atoms with Gasteiger partial charge in [0, 0.05) is 39.3 Å². The number of fused-ring (bicyclic) bond motifs is 1. The first-order valence-corrected chi connectivity index (χ1v) is 13.4. The molecule has 0 spiro atoms. The molecule has 0 radical (unpaired) electrons. The molecule has 1 unspecified atom stereocenters. The lowest BCUT2D eigenvalue weighted by Crippen LogP contribution is -2.53. The van der Waals surface area contributed by atoms with Gasteiger partial charge in [0.25, 0.3) is 0 Å². The predicted molar refractivity (Wildman–Crippen MR) is 126 cm³/mol. The molecule has 180 valence electrons. The Morgan fingerprint density at radius 1 is 1.00 bits per heavy atom. The monoisotopic (exact) mass is 506 g/mol. The van der Waals surface area contributed by atoms with E-state index >= 15 is 0 Å². The van der Waals surface area contributed by atoms with Crippen LogP contribution in [0.1, 0.15) is 12.8 Å². The van der Waals surface area contributed by atoms with Crippen LogP contribution in [0.5, 0.6) is 0 Å². The van der Waals surface area contributed by atoms with Gasteiger partial charge in [0.15, 0.2) is 5.13 Å². The van der Waals surface area contributed by atoms with Gasteiger partial charge in [0.05, 0.1) is 15.5 Å². The third-order valence-electron chi connectivity index (χ3n) is 6.41. The summed E-state index contributed by atoms with van der Waals surface area (Å²) in [5, 5.41) is 0.737. The van der Waals surface area contributed by atoms with Crippen molar-refractivity contribution in [3.05, 3.63) is 54.1 Å². The Morgan fingerprint density at radius 2 is 1.74 bits per heavy atom. The van der Waals surface area contributed by atoms with E-state index in [0.29, 0.717) is 51.1 Å². The highest BCUT2D eigenvalue weighted by atomic mass is 32.2. The number of halogens is 2. The van der Waals surface area contributed by atoms with Crippen molar-refractivity contribution in [2.45, 2.75) is 17.7 Å². The van der Waals surface area contributed by atoms with E-state index < -0.39 is 21.8 Å². The molecule has 0 aliphatic carbocycles. The highest BCUT2D eigenvalue weighted by molar-refractivity contribution is 7.89. The van der Waals surface area contributed by atoms with Gasteiger partial charge in [-0.05, 0) is 49.2 Å². The van der Waals surface area contributed by atoms with Crippen LogP contribution in [0.25, 0.3) is 10.2 Å². The second-order valence-corrected chi connectivity index (χ2v) is 11.5. The summed E-state index contributed by atoms with van der Waals surface area (Å²) in [6.07, 6.45) is 1.22. The topological polar surface area (TPSA) is 73.8 Å². The zero-order valence-corrected chi connectivity index (χ0v) is 20.0. The molecular weight excluding hydrogens is 482 g/mol. The van der Waals surface area contributed by atoms with Gasteiger partial charge in [0.2, 0.25) is 15.9 Å². The third kappa shape index (κ3) is 4.39. The number of rotatable bonds is 4. The van der Waals surface area contributed by atoms with Crippen LogP contribution in [0.2, 0.25) is 0 Å². The lowest BCUT2D eigenvalue weighted by molar-refractivity contribution is -0.137. The van der Waals surface area contributed by atoms with Crippen molar-refractivity contribution in [3.8, 4) is 0 Å². The maximum Gasteiger partial charge on any atom is 0.243 e. The van der Waals surface area contributed by atoms with E-state index in [-0.39, 0.29) is 23.2 Å². The van der Waals surface area contributed by atoms with Crippen LogP contribution in [-0.4, -0.2) is 67.8 Å². The number of benzene rings is 2. The van der Waals surface area contributed by atoms with E-state index in [1.165, 1.54) is 33.8 Å². The van der Waals surface area contributed by atoms with Crippen molar-refractivity contribution in [2.24, 2.45) is 5.92 Å². The van der Waals surface area contributed by atoms with Gasteiger partial charge < -0.3 is 9.80 Å². The first-order chi connectivity index (χ1) is 16.3. The molecule has 1 atom stereocenters. The summed E-state index contributed by atoms with van der Waals surface area (Å²) >= 11 is 1.43. The van der Waals surface area contributed by atoms with Gasteiger partial charge in [-0.2, -0.15) is 4.31 Å². The predicted octanol–water partition coefficient (Wildman–Crippen LogP) is 3.32. The van der Waals surface area contributed by atoms with Gasteiger partial charge in [-0.1, -0.05) is 17.4 Å². The van der Waals surface area contributed by atoms with Crippen LogP contribution in [-0.2, 0) is 14.8 Å². The zero-order chi connectivity index (χ0) is 23.9. The van der Waals surface area contributed by atoms with E-state index in [4.69, 9.17) is 0 Å². The number of nitrogens with zero attached hydrogens (tertiary/aromatic N) is 4. The number of piperidine rings is 1. The zero-order valence-electron chi connectivity index (χ0n) is 18.4.